The molecule has 2 N–H and O–H groups in total. The van der Waals surface area contributed by atoms with E-state index in [4.69, 9.17) is 20.9 Å². The highest BCUT2D eigenvalue weighted by molar-refractivity contribution is 6.33. The number of halogens is 2. The van der Waals surface area contributed by atoms with Crippen LogP contribution in [0.25, 0.3) is 11.3 Å². The van der Waals surface area contributed by atoms with E-state index in [2.05, 4.69) is 10.5 Å². The number of carbonyl (C=O) groups is 3. The molecule has 1 heterocycles. The van der Waals surface area contributed by atoms with Crippen molar-refractivity contribution in [3.8, 4) is 11.3 Å². The SMILES string of the molecule is Cc1onc(-c2c(F)cccc2Cl)c1C(=O)OCC(=O)NC(=O)NC1CC1. The topological polar surface area (TPSA) is 111 Å². The maximum Gasteiger partial charge on any atom is 0.344 e. The Labute approximate surface area is 158 Å². The van der Waals surface area contributed by atoms with Crippen molar-refractivity contribution in [2.45, 2.75) is 25.8 Å². The van der Waals surface area contributed by atoms with E-state index in [-0.39, 0.29) is 33.6 Å². The highest BCUT2D eigenvalue weighted by atomic mass is 35.5. The quantitative estimate of drug-likeness (QED) is 0.753. The van der Waals surface area contributed by atoms with Gasteiger partial charge in [-0.15, -0.1) is 0 Å². The molecule has 0 aliphatic heterocycles. The fourth-order valence-corrected chi connectivity index (χ4v) is 2.57. The highest BCUT2D eigenvalue weighted by Gasteiger charge is 2.27. The minimum Gasteiger partial charge on any atom is -0.452 e. The molecule has 1 fully saturated rings. The third-order valence-electron chi connectivity index (χ3n) is 3.77. The van der Waals surface area contributed by atoms with Crippen molar-refractivity contribution in [3.63, 3.8) is 0 Å². The smallest absolute Gasteiger partial charge is 0.344 e. The average Bonchev–Trinajstić information content (AvgIpc) is 3.33. The van der Waals surface area contributed by atoms with Crippen molar-refractivity contribution in [2.24, 2.45) is 0 Å². The Kier molecular flexibility index (Phi) is 5.41. The zero-order chi connectivity index (χ0) is 19.6. The largest absolute Gasteiger partial charge is 0.452 e. The lowest BCUT2D eigenvalue weighted by atomic mass is 10.1. The lowest BCUT2D eigenvalue weighted by molar-refractivity contribution is -0.123. The zero-order valence-electron chi connectivity index (χ0n) is 14.2. The summed E-state index contributed by atoms with van der Waals surface area (Å²) in [6, 6.07) is 3.42. The van der Waals surface area contributed by atoms with E-state index in [0.29, 0.717) is 0 Å². The number of aryl methyl sites for hydroxylation is 1. The number of esters is 1. The molecular formula is C17H15ClFN3O5. The summed E-state index contributed by atoms with van der Waals surface area (Å²) in [7, 11) is 0. The van der Waals surface area contributed by atoms with Crippen LogP contribution in [0.2, 0.25) is 5.02 Å². The summed E-state index contributed by atoms with van der Waals surface area (Å²) >= 11 is 6.00. The van der Waals surface area contributed by atoms with Gasteiger partial charge in [0, 0.05) is 6.04 Å². The van der Waals surface area contributed by atoms with Crippen LogP contribution in [0.3, 0.4) is 0 Å². The molecule has 0 bridgehead atoms. The number of aromatic nitrogens is 1. The Morgan fingerprint density at radius 1 is 1.37 bits per heavy atom. The van der Waals surface area contributed by atoms with Gasteiger partial charge in [0.1, 0.15) is 22.8 Å². The fraction of sp³-hybridized carbons (Fsp3) is 0.294. The second kappa shape index (κ2) is 7.75. The average molecular weight is 396 g/mol. The summed E-state index contributed by atoms with van der Waals surface area (Å²) < 4.78 is 24.0. The Morgan fingerprint density at radius 2 is 2.11 bits per heavy atom. The first-order valence-corrected chi connectivity index (χ1v) is 8.42. The number of hydrogen-bond acceptors (Lipinski definition) is 6. The lowest BCUT2D eigenvalue weighted by Crippen LogP contribution is -2.42. The maximum atomic E-state index is 14.1. The molecule has 2 aromatic rings. The molecule has 3 rings (SSSR count). The van der Waals surface area contributed by atoms with Gasteiger partial charge in [0.2, 0.25) is 0 Å². The fourth-order valence-electron chi connectivity index (χ4n) is 2.32. The Hall–Kier alpha value is -2.94. The predicted octanol–water partition coefficient (Wildman–Crippen LogP) is 2.59. The molecule has 1 aromatic heterocycles. The normalized spacial score (nSPS) is 13.1. The van der Waals surface area contributed by atoms with E-state index in [1.165, 1.54) is 19.1 Å². The van der Waals surface area contributed by atoms with Crippen LogP contribution in [-0.2, 0) is 9.53 Å². The van der Waals surface area contributed by atoms with Gasteiger partial charge in [-0.05, 0) is 31.9 Å². The number of amides is 3. The molecule has 0 saturated heterocycles. The van der Waals surface area contributed by atoms with Gasteiger partial charge in [0.25, 0.3) is 5.91 Å². The standard InChI is InChI=1S/C17H15ClFN3O5/c1-8-13(15(22-27-8)14-10(18)3-2-4-11(14)19)16(24)26-7-12(23)21-17(25)20-9-5-6-9/h2-4,9H,5-7H2,1H3,(H2,20,21,23,25). The van der Waals surface area contributed by atoms with Crippen LogP contribution in [0.1, 0.15) is 29.0 Å². The van der Waals surface area contributed by atoms with Crippen molar-refractivity contribution >= 4 is 29.5 Å². The van der Waals surface area contributed by atoms with E-state index in [1.54, 1.807) is 0 Å². The Balaban J connectivity index is 1.69. The number of ether oxygens (including phenoxy) is 1. The molecule has 1 aromatic carbocycles. The third-order valence-corrected chi connectivity index (χ3v) is 4.08. The van der Waals surface area contributed by atoms with Crippen LogP contribution in [0.4, 0.5) is 9.18 Å². The molecule has 0 radical (unpaired) electrons. The van der Waals surface area contributed by atoms with E-state index in [0.717, 1.165) is 18.9 Å². The summed E-state index contributed by atoms with van der Waals surface area (Å²) in [5, 5.41) is 8.32. The van der Waals surface area contributed by atoms with Crippen molar-refractivity contribution in [1.29, 1.82) is 0 Å². The highest BCUT2D eigenvalue weighted by Crippen LogP contribution is 2.33. The minimum absolute atomic E-state index is 0.0341. The number of nitrogens with zero attached hydrogens (tertiary/aromatic N) is 1. The van der Waals surface area contributed by atoms with Crippen LogP contribution in [0.15, 0.2) is 22.7 Å². The lowest BCUT2D eigenvalue weighted by Gasteiger charge is -2.08. The van der Waals surface area contributed by atoms with Crippen molar-refractivity contribution in [3.05, 3.63) is 40.4 Å². The van der Waals surface area contributed by atoms with E-state index in [1.807, 2.05) is 5.32 Å². The van der Waals surface area contributed by atoms with E-state index in [9.17, 15) is 18.8 Å². The Bertz CT molecular complexity index is 890. The summed E-state index contributed by atoms with van der Waals surface area (Å²) in [6.07, 6.45) is 1.73. The van der Waals surface area contributed by atoms with Gasteiger partial charge in [-0.3, -0.25) is 10.1 Å². The first-order valence-electron chi connectivity index (χ1n) is 8.05. The molecule has 3 amide bonds. The molecule has 27 heavy (non-hydrogen) atoms. The van der Waals surface area contributed by atoms with E-state index >= 15 is 0 Å². The molecule has 1 saturated carbocycles. The number of imide groups is 1. The number of carbonyl (C=O) groups excluding carboxylic acids is 3. The number of benzene rings is 1. The van der Waals surface area contributed by atoms with Crippen LogP contribution in [-0.4, -0.2) is 35.7 Å². The number of urea groups is 1. The van der Waals surface area contributed by atoms with Crippen LogP contribution < -0.4 is 10.6 Å². The van der Waals surface area contributed by atoms with Crippen LogP contribution >= 0.6 is 11.6 Å². The van der Waals surface area contributed by atoms with Crippen molar-refractivity contribution < 1.29 is 28.0 Å². The summed E-state index contributed by atoms with van der Waals surface area (Å²) in [6.45, 7) is 0.733. The molecule has 1 aliphatic carbocycles. The van der Waals surface area contributed by atoms with E-state index < -0.39 is 30.3 Å². The molecule has 0 atom stereocenters. The summed E-state index contributed by atoms with van der Waals surface area (Å²) in [4.78, 5) is 35.5. The Morgan fingerprint density at radius 3 is 2.78 bits per heavy atom. The summed E-state index contributed by atoms with van der Waals surface area (Å²) in [5.41, 5.74) is -0.402. The van der Waals surface area contributed by atoms with Gasteiger partial charge in [0.05, 0.1) is 10.6 Å². The zero-order valence-corrected chi connectivity index (χ0v) is 14.9. The van der Waals surface area contributed by atoms with Crippen LogP contribution in [0.5, 0.6) is 0 Å². The molecule has 0 spiro atoms. The second-order valence-corrected chi connectivity index (χ2v) is 6.34. The van der Waals surface area contributed by atoms with Gasteiger partial charge >= 0.3 is 12.0 Å². The van der Waals surface area contributed by atoms with Crippen molar-refractivity contribution in [1.82, 2.24) is 15.8 Å². The molecule has 8 nitrogen and oxygen atoms in total. The summed E-state index contributed by atoms with van der Waals surface area (Å²) in [5.74, 6) is -2.39. The number of nitrogens with one attached hydrogen (secondary N) is 2. The van der Waals surface area contributed by atoms with Gasteiger partial charge in [-0.1, -0.05) is 22.8 Å². The van der Waals surface area contributed by atoms with Crippen LogP contribution in [0, 0.1) is 12.7 Å². The van der Waals surface area contributed by atoms with Crippen molar-refractivity contribution in [2.75, 3.05) is 6.61 Å². The molecule has 10 heteroatoms. The second-order valence-electron chi connectivity index (χ2n) is 5.93. The first-order chi connectivity index (χ1) is 12.9. The molecule has 1 aliphatic rings. The molecular weight excluding hydrogens is 381 g/mol. The third kappa shape index (κ3) is 4.43. The number of rotatable bonds is 5. The monoisotopic (exact) mass is 395 g/mol. The molecule has 142 valence electrons. The van der Waals surface area contributed by atoms with Gasteiger partial charge in [0.15, 0.2) is 6.61 Å². The minimum atomic E-state index is -0.958. The predicted molar refractivity (Wildman–Crippen MR) is 91.6 cm³/mol. The van der Waals surface area contributed by atoms with Gasteiger partial charge in [-0.25, -0.2) is 14.0 Å². The maximum absolute atomic E-state index is 14.1. The molecule has 0 unspecified atom stereocenters. The van der Waals surface area contributed by atoms with Gasteiger partial charge in [-0.2, -0.15) is 0 Å². The van der Waals surface area contributed by atoms with Gasteiger partial charge < -0.3 is 14.6 Å². The first kappa shape index (κ1) is 18.8. The number of hydrogen-bond donors (Lipinski definition) is 2.